The number of thioether (sulfide) groups is 1. The van der Waals surface area contributed by atoms with E-state index >= 15 is 0 Å². The van der Waals surface area contributed by atoms with Crippen LogP contribution in [0, 0.1) is 0 Å². The molecule has 0 fully saturated rings. The van der Waals surface area contributed by atoms with Gasteiger partial charge in [-0.3, -0.25) is 0 Å². The summed E-state index contributed by atoms with van der Waals surface area (Å²) in [7, 11) is 0. The molecular weight excluding hydrogens is 597 g/mol. The highest BCUT2D eigenvalue weighted by Gasteiger charge is 2.13. The van der Waals surface area contributed by atoms with Crippen LogP contribution in [0.5, 0.6) is 11.5 Å². The van der Waals surface area contributed by atoms with Crippen LogP contribution in [-0.2, 0) is 13.2 Å². The SMILES string of the molecule is CCOc1cc(CNCCCSc2nnnn2-c2ccccc2)cc(Br)c1OCc1ccc(Cl)c(Cl)c1. The van der Waals surface area contributed by atoms with Gasteiger partial charge in [0.15, 0.2) is 11.5 Å². The average molecular weight is 623 g/mol. The minimum atomic E-state index is 0.346. The molecule has 37 heavy (non-hydrogen) atoms. The minimum Gasteiger partial charge on any atom is -0.490 e. The fourth-order valence-electron chi connectivity index (χ4n) is 3.50. The third-order valence-corrected chi connectivity index (χ3v) is 7.57. The molecule has 0 spiro atoms. The molecule has 0 aliphatic carbocycles. The fraction of sp³-hybridized carbons (Fsp3) is 0.269. The van der Waals surface area contributed by atoms with Gasteiger partial charge >= 0.3 is 0 Å². The van der Waals surface area contributed by atoms with Crippen molar-refractivity contribution < 1.29 is 9.47 Å². The summed E-state index contributed by atoms with van der Waals surface area (Å²) in [5.74, 6) is 2.25. The highest BCUT2D eigenvalue weighted by Crippen LogP contribution is 2.37. The van der Waals surface area contributed by atoms with E-state index in [1.165, 1.54) is 0 Å². The molecule has 0 aliphatic heterocycles. The Bertz CT molecular complexity index is 1310. The normalized spacial score (nSPS) is 11.0. The monoisotopic (exact) mass is 621 g/mol. The lowest BCUT2D eigenvalue weighted by molar-refractivity contribution is 0.267. The second-order valence-electron chi connectivity index (χ2n) is 7.96. The van der Waals surface area contributed by atoms with Gasteiger partial charge in [-0.1, -0.05) is 59.2 Å². The van der Waals surface area contributed by atoms with Crippen LogP contribution in [0.25, 0.3) is 5.69 Å². The highest BCUT2D eigenvalue weighted by molar-refractivity contribution is 9.10. The van der Waals surface area contributed by atoms with E-state index in [1.54, 1.807) is 28.6 Å². The molecular formula is C26H26BrCl2N5O2S. The smallest absolute Gasteiger partial charge is 0.214 e. The van der Waals surface area contributed by atoms with Gasteiger partial charge in [-0.15, -0.1) is 5.10 Å². The van der Waals surface area contributed by atoms with Crippen molar-refractivity contribution in [2.75, 3.05) is 18.9 Å². The van der Waals surface area contributed by atoms with Gasteiger partial charge in [0.05, 0.1) is 26.8 Å². The summed E-state index contributed by atoms with van der Waals surface area (Å²) in [6.45, 7) is 4.40. The largest absolute Gasteiger partial charge is 0.490 e. The van der Waals surface area contributed by atoms with E-state index < -0.39 is 0 Å². The van der Waals surface area contributed by atoms with E-state index in [-0.39, 0.29) is 0 Å². The van der Waals surface area contributed by atoms with E-state index in [4.69, 9.17) is 32.7 Å². The Labute approximate surface area is 239 Å². The summed E-state index contributed by atoms with van der Waals surface area (Å²) in [5.41, 5.74) is 2.97. The molecule has 7 nitrogen and oxygen atoms in total. The molecule has 0 bridgehead atoms. The van der Waals surface area contributed by atoms with Crippen molar-refractivity contribution in [3.63, 3.8) is 0 Å². The van der Waals surface area contributed by atoms with Gasteiger partial charge in [0.25, 0.3) is 0 Å². The maximum atomic E-state index is 6.13. The molecule has 0 saturated carbocycles. The number of halogens is 3. The molecule has 0 saturated heterocycles. The molecule has 4 rings (SSSR count). The lowest BCUT2D eigenvalue weighted by atomic mass is 10.2. The Hall–Kier alpha value is -2.30. The van der Waals surface area contributed by atoms with Crippen molar-refractivity contribution in [3.8, 4) is 17.2 Å². The van der Waals surface area contributed by atoms with Crippen LogP contribution in [0.4, 0.5) is 0 Å². The van der Waals surface area contributed by atoms with Crippen LogP contribution < -0.4 is 14.8 Å². The van der Waals surface area contributed by atoms with Crippen molar-refractivity contribution >= 4 is 50.9 Å². The standard InChI is InChI=1S/C26H26BrCl2N5O2S/c1-2-35-24-15-19(13-21(27)25(24)36-17-18-9-10-22(28)23(29)14-18)16-30-11-6-12-37-26-31-32-33-34(26)20-7-4-3-5-8-20/h3-5,7-10,13-15,30H,2,6,11-12,16-17H2,1H3. The van der Waals surface area contributed by atoms with Gasteiger partial charge < -0.3 is 14.8 Å². The van der Waals surface area contributed by atoms with E-state index in [1.807, 2.05) is 55.5 Å². The highest BCUT2D eigenvalue weighted by atomic mass is 79.9. The first-order valence-corrected chi connectivity index (χ1v) is 14.3. The van der Waals surface area contributed by atoms with Crippen LogP contribution >= 0.6 is 50.9 Å². The Kier molecular flexibility index (Phi) is 10.5. The van der Waals surface area contributed by atoms with Gasteiger partial charge in [-0.05, 0) is 93.8 Å². The number of rotatable bonds is 13. The van der Waals surface area contributed by atoms with Gasteiger partial charge in [0, 0.05) is 12.3 Å². The number of tetrazole rings is 1. The van der Waals surface area contributed by atoms with Crippen molar-refractivity contribution in [3.05, 3.63) is 86.3 Å². The summed E-state index contributed by atoms with van der Waals surface area (Å²) >= 11 is 17.4. The van der Waals surface area contributed by atoms with E-state index in [0.29, 0.717) is 41.3 Å². The molecule has 1 aromatic heterocycles. The molecule has 0 unspecified atom stereocenters. The van der Waals surface area contributed by atoms with Gasteiger partial charge in [0.2, 0.25) is 5.16 Å². The van der Waals surface area contributed by atoms with Crippen LogP contribution in [0.15, 0.2) is 70.3 Å². The maximum absolute atomic E-state index is 6.13. The average Bonchev–Trinajstić information content (AvgIpc) is 3.37. The Balaban J connectivity index is 1.27. The van der Waals surface area contributed by atoms with Crippen LogP contribution in [0.3, 0.4) is 0 Å². The molecule has 0 amide bonds. The molecule has 1 heterocycles. The first-order valence-electron chi connectivity index (χ1n) is 11.7. The Morgan fingerprint density at radius 3 is 2.62 bits per heavy atom. The molecule has 4 aromatic rings. The van der Waals surface area contributed by atoms with Gasteiger partial charge in [-0.2, -0.15) is 4.68 Å². The zero-order valence-electron chi connectivity index (χ0n) is 20.2. The van der Waals surface area contributed by atoms with Crippen LogP contribution in [-0.4, -0.2) is 39.1 Å². The Morgan fingerprint density at radius 1 is 1.00 bits per heavy atom. The van der Waals surface area contributed by atoms with Crippen molar-refractivity contribution in [2.24, 2.45) is 0 Å². The zero-order valence-corrected chi connectivity index (χ0v) is 24.1. The number of aromatic nitrogens is 4. The summed E-state index contributed by atoms with van der Waals surface area (Å²) in [6, 6.07) is 19.4. The second-order valence-corrected chi connectivity index (χ2v) is 10.7. The summed E-state index contributed by atoms with van der Waals surface area (Å²) in [4.78, 5) is 0. The van der Waals surface area contributed by atoms with Crippen LogP contribution in [0.2, 0.25) is 10.0 Å². The number of ether oxygens (including phenoxy) is 2. The molecule has 1 N–H and O–H groups in total. The number of hydrogen-bond donors (Lipinski definition) is 1. The third kappa shape index (κ3) is 7.85. The molecule has 3 aromatic carbocycles. The molecule has 0 atom stereocenters. The number of para-hydroxylation sites is 1. The van der Waals surface area contributed by atoms with E-state index in [9.17, 15) is 0 Å². The van der Waals surface area contributed by atoms with Gasteiger partial charge in [-0.25, -0.2) is 0 Å². The number of nitrogens with one attached hydrogen (secondary N) is 1. The van der Waals surface area contributed by atoms with Gasteiger partial charge in [0.1, 0.15) is 6.61 Å². The lowest BCUT2D eigenvalue weighted by Crippen LogP contribution is -2.15. The predicted molar refractivity (Wildman–Crippen MR) is 152 cm³/mol. The topological polar surface area (TPSA) is 74.1 Å². The third-order valence-electron chi connectivity index (χ3n) is 5.24. The van der Waals surface area contributed by atoms with E-state index in [0.717, 1.165) is 45.2 Å². The van der Waals surface area contributed by atoms with Crippen molar-refractivity contribution in [1.82, 2.24) is 25.5 Å². The quantitative estimate of drug-likeness (QED) is 0.127. The first kappa shape index (κ1) is 27.7. The van der Waals surface area contributed by atoms with E-state index in [2.05, 4.69) is 36.8 Å². The number of hydrogen-bond acceptors (Lipinski definition) is 7. The van der Waals surface area contributed by atoms with Crippen molar-refractivity contribution in [1.29, 1.82) is 0 Å². The summed E-state index contributed by atoms with van der Waals surface area (Å²) < 4.78 is 14.5. The first-order chi connectivity index (χ1) is 18.0. The predicted octanol–water partition coefficient (Wildman–Crippen LogP) is 6.98. The maximum Gasteiger partial charge on any atom is 0.214 e. The molecule has 11 heteroatoms. The second kappa shape index (κ2) is 14.0. The summed E-state index contributed by atoms with van der Waals surface area (Å²) in [6.07, 6.45) is 0.969. The lowest BCUT2D eigenvalue weighted by Gasteiger charge is -2.16. The Morgan fingerprint density at radius 2 is 1.84 bits per heavy atom. The van der Waals surface area contributed by atoms with Crippen molar-refractivity contribution in [2.45, 2.75) is 31.7 Å². The fourth-order valence-corrected chi connectivity index (χ4v) is 5.26. The molecule has 0 aliphatic rings. The number of nitrogens with zero attached hydrogens (tertiary/aromatic N) is 4. The summed E-state index contributed by atoms with van der Waals surface area (Å²) in [5, 5.41) is 17.4. The van der Waals surface area contributed by atoms with Crippen LogP contribution in [0.1, 0.15) is 24.5 Å². The molecule has 194 valence electrons. The number of benzene rings is 3. The molecule has 0 radical (unpaired) electrons. The zero-order chi connectivity index (χ0) is 26.0. The minimum absolute atomic E-state index is 0.346.